The van der Waals surface area contributed by atoms with Gasteiger partial charge >= 0.3 is 0 Å². The van der Waals surface area contributed by atoms with Gasteiger partial charge in [-0.25, -0.2) is 24.9 Å². The first kappa shape index (κ1) is 71.3. The second kappa shape index (κ2) is 28.2. The Balaban J connectivity index is 0.000000105. The van der Waals surface area contributed by atoms with Gasteiger partial charge in [0.2, 0.25) is 5.88 Å². The van der Waals surface area contributed by atoms with Crippen LogP contribution in [0.1, 0.15) is 168 Å². The number of allylic oxidation sites excluding steroid dienone is 3. The number of nitrogens with one attached hydrogen (secondary N) is 6. The number of aromatic nitrogens is 13. The number of aromatic amines is 4. The lowest BCUT2D eigenvalue weighted by Crippen LogP contribution is -2.23. The Kier molecular flexibility index (Phi) is 17.8. The zero-order valence-electron chi connectivity index (χ0n) is 65.3. The smallest absolute Gasteiger partial charge is 0.214 e. The molecule has 0 radical (unpaired) electrons. The SMILES string of the molecule is C=C1C=C(c2cc(-c3c(C)noc3C)cc3[nH]c(C4CC4)nc23)C=CN1.C=C1NN=C(c2cc(-c3c(C)noc3C)cc3[nH]c(C4CC4)nc23)c2ccccc21.Cc1nc2c(-c3cccc4ccccc34)cc(-c3c(C)noc3C)cc2[nH]1.Cc1noc(C)c1-c1cc(-c2ccnc(OC(C)(C)C)c2)c2nc(C3CC3)[nH]c2c1. The maximum atomic E-state index is 6.01. The van der Waals surface area contributed by atoms with E-state index >= 15 is 0 Å². The normalized spacial score (nSPS) is 14.7. The number of hydrogen-bond donors (Lipinski definition) is 6. The summed E-state index contributed by atoms with van der Waals surface area (Å²) >= 11 is 0. The molecule has 9 aromatic heterocycles. The molecule has 21 rings (SSSR count). The van der Waals surface area contributed by atoms with E-state index in [4.69, 9.17) is 42.8 Å². The van der Waals surface area contributed by atoms with Crippen LogP contribution in [0.15, 0.2) is 194 Å². The number of dihydropyridines is 1. The van der Waals surface area contributed by atoms with Gasteiger partial charge in [-0.1, -0.05) is 101 Å². The van der Waals surface area contributed by atoms with Crippen LogP contribution < -0.4 is 15.5 Å². The average Bonchev–Trinajstić information content (AvgIpc) is 1.65. The monoisotopic (exact) mass is 1490 g/mol. The predicted octanol–water partition coefficient (Wildman–Crippen LogP) is 21.7. The fourth-order valence-electron chi connectivity index (χ4n) is 15.8. The highest BCUT2D eigenvalue weighted by Crippen LogP contribution is 2.46. The van der Waals surface area contributed by atoms with Gasteiger partial charge in [-0.05, 0) is 238 Å². The number of imidazole rings is 4. The number of rotatable bonds is 12. The van der Waals surface area contributed by atoms with Crippen LogP contribution in [-0.2, 0) is 0 Å². The number of H-pyrrole nitrogens is 4. The van der Waals surface area contributed by atoms with E-state index in [1.807, 2.05) is 114 Å². The van der Waals surface area contributed by atoms with Gasteiger partial charge in [0, 0.05) is 97.5 Å². The first-order valence-corrected chi connectivity index (χ1v) is 38.5. The molecule has 0 atom stereocenters. The molecule has 0 bridgehead atoms. The van der Waals surface area contributed by atoms with Gasteiger partial charge in [-0.2, -0.15) is 5.10 Å². The molecule has 113 heavy (non-hydrogen) atoms. The standard InChI is InChI=1S/C24H21N5O.C24H26N4O2.C23H19N3O.C21H20N4O/c1-12-17-6-4-5-7-18(17)22(28-27-12)19-10-16(21-13(2)29-30-14(21)3)11-20-23(19)26-24(25-20)15-8-9-15;1-13-21(14(2)30-28-13)17-10-18(16-8-9-25-20(12-16)29-24(3,4)5)22-19(11-17)26-23(27-22)15-6-7-15;1-13-22(14(2)27-26-13)17-11-20(23-21(12-17)24-15(3)25-23)19-10-6-8-16-7-4-5-9-18(16)19;1-11-8-15(6-7-22-11)17-9-16(19-12(2)25-26-13(19)3)10-18-20(17)24-21(23-18)14-4-5-14/h4-7,10-11,15,27H,1,8-9H2,2-3H3,(H,25,26);8-12,15H,6-7H2,1-5H3,(H,26,27);4-12H,1-3H3,(H,24,25);6-10,14,22H,1,4-5H2,2-3H3,(H,23,24). The van der Waals surface area contributed by atoms with Gasteiger partial charge in [-0.15, -0.1) is 0 Å². The lowest BCUT2D eigenvalue weighted by atomic mass is 9.92. The van der Waals surface area contributed by atoms with E-state index in [1.165, 1.54) is 54.9 Å². The van der Waals surface area contributed by atoms with Crippen LogP contribution in [0.2, 0.25) is 0 Å². The average molecular weight is 1500 g/mol. The molecule has 16 aromatic rings. The van der Waals surface area contributed by atoms with Crippen LogP contribution in [0, 0.1) is 62.3 Å². The number of hydrogen-bond acceptors (Lipinski definition) is 17. The molecule has 3 aliphatic carbocycles. The maximum absolute atomic E-state index is 6.01. The number of aryl methyl sites for hydroxylation is 9. The molecule has 6 N–H and O–H groups in total. The summed E-state index contributed by atoms with van der Waals surface area (Å²) in [5.74, 6) is 9.66. The van der Waals surface area contributed by atoms with Crippen molar-refractivity contribution in [2.75, 3.05) is 0 Å². The Morgan fingerprint density at radius 2 is 0.876 bits per heavy atom. The van der Waals surface area contributed by atoms with Crippen molar-refractivity contribution in [1.82, 2.24) is 76.2 Å². The Labute approximate surface area is 652 Å². The summed E-state index contributed by atoms with van der Waals surface area (Å²) < 4.78 is 27.7. The first-order chi connectivity index (χ1) is 54.6. The molecule has 0 spiro atoms. The minimum Gasteiger partial charge on any atom is -0.472 e. The van der Waals surface area contributed by atoms with Crippen molar-refractivity contribution >= 4 is 71.9 Å². The zero-order chi connectivity index (χ0) is 77.8. The number of nitrogens with zero attached hydrogens (tertiary/aromatic N) is 10. The lowest BCUT2D eigenvalue weighted by molar-refractivity contribution is 0.124. The van der Waals surface area contributed by atoms with Gasteiger partial charge in [-0.3, -0.25) is 5.43 Å². The van der Waals surface area contributed by atoms with Crippen molar-refractivity contribution in [3.8, 4) is 72.6 Å². The molecule has 11 heterocycles. The zero-order valence-corrected chi connectivity index (χ0v) is 65.3. The molecule has 0 saturated heterocycles. The third-order valence-corrected chi connectivity index (χ3v) is 21.5. The topological polar surface area (TPSA) is 277 Å². The molecule has 3 fully saturated rings. The van der Waals surface area contributed by atoms with Crippen LogP contribution in [0.5, 0.6) is 5.88 Å². The van der Waals surface area contributed by atoms with E-state index in [1.54, 1.807) is 6.20 Å². The summed E-state index contributed by atoms with van der Waals surface area (Å²) in [4.78, 5) is 38.1. The van der Waals surface area contributed by atoms with Crippen molar-refractivity contribution in [3.05, 3.63) is 262 Å². The first-order valence-electron chi connectivity index (χ1n) is 38.5. The fourth-order valence-corrected chi connectivity index (χ4v) is 15.8. The van der Waals surface area contributed by atoms with Crippen molar-refractivity contribution < 1.29 is 22.8 Å². The van der Waals surface area contributed by atoms with Crippen LogP contribution in [-0.4, -0.2) is 76.8 Å². The second-order valence-electron chi connectivity index (χ2n) is 31.3. The molecule has 7 aromatic carbocycles. The van der Waals surface area contributed by atoms with Crippen LogP contribution in [0.4, 0.5) is 0 Å². The summed E-state index contributed by atoms with van der Waals surface area (Å²) in [5.41, 5.74) is 35.0. The van der Waals surface area contributed by atoms with Crippen molar-refractivity contribution in [3.63, 3.8) is 0 Å². The third-order valence-electron chi connectivity index (χ3n) is 21.5. The Bertz CT molecular complexity index is 6530. The van der Waals surface area contributed by atoms with Crippen molar-refractivity contribution in [2.24, 2.45) is 5.10 Å². The Hall–Kier alpha value is -13.3. The van der Waals surface area contributed by atoms with Crippen LogP contribution in [0.25, 0.3) is 133 Å². The van der Waals surface area contributed by atoms with Gasteiger partial charge in [0.1, 0.15) is 57.7 Å². The lowest BCUT2D eigenvalue weighted by Gasteiger charge is -2.20. The van der Waals surface area contributed by atoms with E-state index in [0.717, 1.165) is 219 Å². The molecule has 0 amide bonds. The number of hydrazone groups is 1. The number of fused-ring (bicyclic) bond motifs is 6. The minimum absolute atomic E-state index is 0.315. The maximum Gasteiger partial charge on any atom is 0.214 e. The Morgan fingerprint density at radius 1 is 0.434 bits per heavy atom. The van der Waals surface area contributed by atoms with E-state index in [9.17, 15) is 0 Å². The summed E-state index contributed by atoms with van der Waals surface area (Å²) in [7, 11) is 0. The highest BCUT2D eigenvalue weighted by atomic mass is 16.5. The molecule has 5 aliphatic rings. The second-order valence-corrected chi connectivity index (χ2v) is 31.3. The van der Waals surface area contributed by atoms with Gasteiger partial charge in [0.25, 0.3) is 0 Å². The summed E-state index contributed by atoms with van der Waals surface area (Å²) in [5, 5.41) is 26.8. The predicted molar refractivity (Wildman–Crippen MR) is 445 cm³/mol. The quantitative estimate of drug-likeness (QED) is 0.0663. The fraction of sp³-hybridized carbons (Fsp3) is 0.239. The van der Waals surface area contributed by atoms with Crippen molar-refractivity contribution in [1.29, 1.82) is 0 Å². The van der Waals surface area contributed by atoms with Gasteiger partial charge in [0.15, 0.2) is 0 Å². The van der Waals surface area contributed by atoms with E-state index in [-0.39, 0.29) is 5.60 Å². The van der Waals surface area contributed by atoms with Gasteiger partial charge in [0.05, 0.1) is 72.6 Å². The summed E-state index contributed by atoms with van der Waals surface area (Å²) in [6, 6.07) is 44.4. The molecular formula is C92H86N16O5. The molecule has 21 nitrogen and oxygen atoms in total. The van der Waals surface area contributed by atoms with Crippen molar-refractivity contribution in [2.45, 2.75) is 145 Å². The number of pyridine rings is 1. The highest BCUT2D eigenvalue weighted by molar-refractivity contribution is 6.22. The molecule has 564 valence electrons. The Morgan fingerprint density at radius 3 is 1.38 bits per heavy atom. The third kappa shape index (κ3) is 13.9. The largest absolute Gasteiger partial charge is 0.472 e. The number of ether oxygens (including phenoxy) is 1. The number of benzene rings is 7. The highest BCUT2D eigenvalue weighted by Gasteiger charge is 2.33. The van der Waals surface area contributed by atoms with Gasteiger partial charge < -0.3 is 48.1 Å². The minimum atomic E-state index is -0.315. The van der Waals surface area contributed by atoms with E-state index in [2.05, 4.69) is 190 Å². The molecule has 21 heteroatoms. The van der Waals surface area contributed by atoms with Crippen LogP contribution in [0.3, 0.4) is 0 Å². The molecule has 2 aliphatic heterocycles. The summed E-state index contributed by atoms with van der Waals surface area (Å²) in [6.45, 7) is 31.9. The van der Waals surface area contributed by atoms with E-state index < -0.39 is 0 Å². The van der Waals surface area contributed by atoms with E-state index in [0.29, 0.717) is 23.6 Å². The molecule has 3 saturated carbocycles. The summed E-state index contributed by atoms with van der Waals surface area (Å²) in [6.07, 6.45) is 15.0. The van der Waals surface area contributed by atoms with Crippen LogP contribution >= 0.6 is 0 Å². The molecular weight excluding hydrogens is 1410 g/mol. The molecule has 0 unspecified atom stereocenters.